The first-order valence-electron chi connectivity index (χ1n) is 4.80. The third-order valence-electron chi connectivity index (χ3n) is 2.02. The molecule has 2 aromatic heterocycles. The van der Waals surface area contributed by atoms with Gasteiger partial charge in [-0.2, -0.15) is 5.26 Å². The van der Waals surface area contributed by atoms with Crippen LogP contribution in [-0.4, -0.2) is 20.3 Å². The molecule has 0 amide bonds. The van der Waals surface area contributed by atoms with E-state index in [0.29, 0.717) is 5.75 Å². The van der Waals surface area contributed by atoms with Gasteiger partial charge in [0.15, 0.2) is 5.16 Å². The predicted octanol–water partition coefficient (Wildman–Crippen LogP) is 1.94. The van der Waals surface area contributed by atoms with Crippen molar-refractivity contribution in [3.8, 4) is 6.07 Å². The van der Waals surface area contributed by atoms with E-state index in [9.17, 15) is 0 Å². The number of nitrogens with zero attached hydrogens (tertiary/aromatic N) is 4. The summed E-state index contributed by atoms with van der Waals surface area (Å²) in [6.45, 7) is 0.738. The number of hydrogen-bond acceptors (Lipinski definition) is 4. The van der Waals surface area contributed by atoms with Crippen LogP contribution in [0.4, 0.5) is 0 Å². The normalized spacial score (nSPS) is 9.94. The molecule has 2 rings (SSSR count). The molecule has 0 aliphatic carbocycles. The third kappa shape index (κ3) is 2.61. The number of rotatable bonds is 4. The molecule has 0 bridgehead atoms. The Kier molecular flexibility index (Phi) is 3.57. The SMILES string of the molecule is N#CCSc1nccn1Cc1cccnc1. The predicted molar refractivity (Wildman–Crippen MR) is 61.9 cm³/mol. The zero-order valence-corrected chi connectivity index (χ0v) is 9.39. The maximum absolute atomic E-state index is 8.53. The molecule has 0 radical (unpaired) electrons. The first-order chi connectivity index (χ1) is 7.90. The van der Waals surface area contributed by atoms with Gasteiger partial charge in [0.25, 0.3) is 0 Å². The summed E-state index contributed by atoms with van der Waals surface area (Å²) < 4.78 is 2.01. The fourth-order valence-electron chi connectivity index (χ4n) is 1.34. The van der Waals surface area contributed by atoms with Gasteiger partial charge < -0.3 is 4.57 Å². The van der Waals surface area contributed by atoms with E-state index in [0.717, 1.165) is 17.3 Å². The highest BCUT2D eigenvalue weighted by molar-refractivity contribution is 7.99. The summed E-state index contributed by atoms with van der Waals surface area (Å²) in [5.74, 6) is 0.421. The van der Waals surface area contributed by atoms with Gasteiger partial charge in [0, 0.05) is 24.8 Å². The van der Waals surface area contributed by atoms with Gasteiger partial charge in [0.05, 0.1) is 18.4 Å². The Bertz CT molecular complexity index is 486. The second-order valence-electron chi connectivity index (χ2n) is 3.15. The summed E-state index contributed by atoms with van der Waals surface area (Å²) >= 11 is 1.44. The van der Waals surface area contributed by atoms with Crippen LogP contribution in [0.1, 0.15) is 5.56 Å². The highest BCUT2D eigenvalue weighted by Gasteiger charge is 2.03. The Morgan fingerprint density at radius 1 is 1.44 bits per heavy atom. The molecule has 0 aliphatic heterocycles. The standard InChI is InChI=1S/C11H10N4S/c12-3-7-16-11-14-5-6-15(11)9-10-2-1-4-13-8-10/h1-2,4-6,8H,7,9H2. The van der Waals surface area contributed by atoms with Gasteiger partial charge in [-0.3, -0.25) is 4.98 Å². The molecule has 0 saturated heterocycles. The number of thioether (sulfide) groups is 1. The first-order valence-corrected chi connectivity index (χ1v) is 5.78. The second kappa shape index (κ2) is 5.33. The van der Waals surface area contributed by atoms with Crippen molar-refractivity contribution in [2.75, 3.05) is 5.75 Å². The van der Waals surface area contributed by atoms with Crippen molar-refractivity contribution < 1.29 is 0 Å². The van der Waals surface area contributed by atoms with Crippen LogP contribution in [0.15, 0.2) is 42.1 Å². The zero-order chi connectivity index (χ0) is 11.2. The third-order valence-corrected chi connectivity index (χ3v) is 2.89. The minimum Gasteiger partial charge on any atom is -0.322 e. The van der Waals surface area contributed by atoms with Gasteiger partial charge in [-0.05, 0) is 11.6 Å². The van der Waals surface area contributed by atoms with Crippen LogP contribution >= 0.6 is 11.8 Å². The fourth-order valence-corrected chi connectivity index (χ4v) is 1.96. The highest BCUT2D eigenvalue weighted by atomic mass is 32.2. The van der Waals surface area contributed by atoms with E-state index in [1.54, 1.807) is 12.4 Å². The second-order valence-corrected chi connectivity index (χ2v) is 4.09. The van der Waals surface area contributed by atoms with Gasteiger partial charge in [0.1, 0.15) is 0 Å². The topological polar surface area (TPSA) is 54.5 Å². The number of pyridine rings is 1. The van der Waals surface area contributed by atoms with Crippen LogP contribution in [0.2, 0.25) is 0 Å². The van der Waals surface area contributed by atoms with E-state index in [4.69, 9.17) is 5.26 Å². The molecule has 0 unspecified atom stereocenters. The van der Waals surface area contributed by atoms with Crippen LogP contribution in [0.25, 0.3) is 0 Å². The molecule has 80 valence electrons. The minimum absolute atomic E-state index is 0.421. The van der Waals surface area contributed by atoms with Crippen LogP contribution in [0.3, 0.4) is 0 Å². The lowest BCUT2D eigenvalue weighted by molar-refractivity contribution is 0.707. The molecule has 2 heterocycles. The summed E-state index contributed by atoms with van der Waals surface area (Å²) in [5, 5.41) is 9.39. The maximum atomic E-state index is 8.53. The Morgan fingerprint density at radius 2 is 2.38 bits per heavy atom. The van der Waals surface area contributed by atoms with Crippen molar-refractivity contribution in [2.24, 2.45) is 0 Å². The van der Waals surface area contributed by atoms with E-state index in [-0.39, 0.29) is 0 Å². The summed E-state index contributed by atoms with van der Waals surface area (Å²) in [6, 6.07) is 6.02. The molecule has 16 heavy (non-hydrogen) atoms. The quantitative estimate of drug-likeness (QED) is 0.753. The van der Waals surface area contributed by atoms with Crippen molar-refractivity contribution >= 4 is 11.8 Å². The number of imidazole rings is 1. The molecule has 4 nitrogen and oxygen atoms in total. The van der Waals surface area contributed by atoms with Gasteiger partial charge in [-0.1, -0.05) is 17.8 Å². The number of nitriles is 1. The van der Waals surface area contributed by atoms with E-state index >= 15 is 0 Å². The molecule has 0 aliphatic rings. The summed E-state index contributed by atoms with van der Waals surface area (Å²) in [5.41, 5.74) is 1.12. The Hall–Kier alpha value is -1.80. The van der Waals surface area contributed by atoms with Crippen LogP contribution in [-0.2, 0) is 6.54 Å². The van der Waals surface area contributed by atoms with Crippen molar-refractivity contribution in [3.63, 3.8) is 0 Å². The fraction of sp³-hybridized carbons (Fsp3) is 0.182. The van der Waals surface area contributed by atoms with Gasteiger partial charge >= 0.3 is 0 Å². The largest absolute Gasteiger partial charge is 0.322 e. The summed E-state index contributed by atoms with van der Waals surface area (Å²) in [4.78, 5) is 8.27. The summed E-state index contributed by atoms with van der Waals surface area (Å²) in [7, 11) is 0. The van der Waals surface area contributed by atoms with Gasteiger partial charge in [0.2, 0.25) is 0 Å². The molecule has 0 spiro atoms. The van der Waals surface area contributed by atoms with Crippen molar-refractivity contribution in [3.05, 3.63) is 42.5 Å². The van der Waals surface area contributed by atoms with E-state index in [2.05, 4.69) is 16.0 Å². The van der Waals surface area contributed by atoms with Gasteiger partial charge in [-0.15, -0.1) is 0 Å². The molecule has 0 N–H and O–H groups in total. The molecule has 2 aromatic rings. The Balaban J connectivity index is 2.10. The lowest BCUT2D eigenvalue weighted by Crippen LogP contribution is -2.00. The molecular weight excluding hydrogens is 220 g/mol. The first kappa shape index (κ1) is 10.7. The molecule has 0 aromatic carbocycles. The van der Waals surface area contributed by atoms with Crippen LogP contribution < -0.4 is 0 Å². The van der Waals surface area contributed by atoms with Crippen molar-refractivity contribution in [1.29, 1.82) is 5.26 Å². The minimum atomic E-state index is 0.421. The maximum Gasteiger partial charge on any atom is 0.169 e. The lowest BCUT2D eigenvalue weighted by atomic mass is 10.3. The van der Waals surface area contributed by atoms with E-state index in [1.807, 2.05) is 29.1 Å². The van der Waals surface area contributed by atoms with Gasteiger partial charge in [-0.25, -0.2) is 4.98 Å². The summed E-state index contributed by atoms with van der Waals surface area (Å²) in [6.07, 6.45) is 7.24. The monoisotopic (exact) mass is 230 g/mol. The lowest BCUT2D eigenvalue weighted by Gasteiger charge is -2.05. The van der Waals surface area contributed by atoms with Crippen LogP contribution in [0.5, 0.6) is 0 Å². The van der Waals surface area contributed by atoms with Crippen LogP contribution in [0, 0.1) is 11.3 Å². The smallest absolute Gasteiger partial charge is 0.169 e. The molecule has 5 heteroatoms. The average molecular weight is 230 g/mol. The van der Waals surface area contributed by atoms with E-state index < -0.39 is 0 Å². The average Bonchev–Trinajstić information content (AvgIpc) is 2.75. The highest BCUT2D eigenvalue weighted by Crippen LogP contribution is 2.16. The van der Waals surface area contributed by atoms with Crippen molar-refractivity contribution in [1.82, 2.24) is 14.5 Å². The number of hydrogen-bond donors (Lipinski definition) is 0. The number of aromatic nitrogens is 3. The Labute approximate surface area is 98.0 Å². The Morgan fingerprint density at radius 3 is 3.12 bits per heavy atom. The molecule has 0 fully saturated rings. The molecular formula is C11H10N4S. The van der Waals surface area contributed by atoms with E-state index in [1.165, 1.54) is 11.8 Å². The zero-order valence-electron chi connectivity index (χ0n) is 8.58. The molecule has 0 atom stereocenters. The molecule has 0 saturated carbocycles. The van der Waals surface area contributed by atoms with Crippen molar-refractivity contribution in [2.45, 2.75) is 11.7 Å².